The molecule has 0 fully saturated rings. The second kappa shape index (κ2) is 5.72. The Bertz CT molecular complexity index is 784. The Labute approximate surface area is 125 Å². The highest BCUT2D eigenvalue weighted by atomic mass is 32.1. The van der Waals surface area contributed by atoms with Gasteiger partial charge in [-0.3, -0.25) is 0 Å². The summed E-state index contributed by atoms with van der Waals surface area (Å²) in [6.07, 6.45) is 3.68. The van der Waals surface area contributed by atoms with Crippen molar-refractivity contribution in [2.45, 2.75) is 0 Å². The van der Waals surface area contributed by atoms with Crippen LogP contribution in [0.1, 0.15) is 10.7 Å². The van der Waals surface area contributed by atoms with Crippen LogP contribution in [0.3, 0.4) is 0 Å². The van der Waals surface area contributed by atoms with Gasteiger partial charge in [0.2, 0.25) is 5.95 Å². The number of benzene rings is 1. The van der Waals surface area contributed by atoms with Crippen molar-refractivity contribution in [1.82, 2.24) is 15.0 Å². The van der Waals surface area contributed by atoms with Crippen LogP contribution in [-0.2, 0) is 0 Å². The van der Waals surface area contributed by atoms with E-state index in [4.69, 9.17) is 5.73 Å². The molecule has 0 aliphatic rings. The maximum absolute atomic E-state index is 9.87. The highest BCUT2D eigenvalue weighted by Crippen LogP contribution is 2.26. The normalized spacial score (nSPS) is 11.0. The molecule has 0 aliphatic carbocycles. The number of rotatable bonds is 3. The summed E-state index contributed by atoms with van der Waals surface area (Å²) in [5.41, 5.74) is 6.25. The molecule has 0 bridgehead atoms. The Morgan fingerprint density at radius 1 is 1.00 bits per heavy atom. The fraction of sp³-hybridized carbons (Fsp3) is 0. The number of aromatic hydroxyl groups is 1. The summed E-state index contributed by atoms with van der Waals surface area (Å²) in [7, 11) is 0. The first-order valence-electron chi connectivity index (χ1n) is 6.24. The number of phenols is 1. The van der Waals surface area contributed by atoms with Crippen molar-refractivity contribution in [2.24, 2.45) is 0 Å². The quantitative estimate of drug-likeness (QED) is 0.776. The Kier molecular flexibility index (Phi) is 3.61. The molecule has 6 heteroatoms. The highest BCUT2D eigenvalue weighted by molar-refractivity contribution is 7.10. The van der Waals surface area contributed by atoms with E-state index in [1.807, 2.05) is 23.6 Å². The molecule has 0 atom stereocenters. The van der Waals surface area contributed by atoms with E-state index in [1.165, 1.54) is 0 Å². The van der Waals surface area contributed by atoms with Crippen molar-refractivity contribution < 1.29 is 5.11 Å². The van der Waals surface area contributed by atoms with E-state index >= 15 is 0 Å². The van der Waals surface area contributed by atoms with Crippen LogP contribution in [0, 0.1) is 0 Å². The smallest absolute Gasteiger partial charge is 0.224 e. The predicted octanol–water partition coefficient (Wildman–Crippen LogP) is 3.06. The minimum Gasteiger partial charge on any atom is -0.507 e. The molecule has 2 heterocycles. The average Bonchev–Trinajstić information content (AvgIpc) is 2.98. The van der Waals surface area contributed by atoms with Gasteiger partial charge in [0.1, 0.15) is 5.75 Å². The van der Waals surface area contributed by atoms with Gasteiger partial charge in [-0.25, -0.2) is 4.98 Å². The SMILES string of the molecule is Nc1nc(C=Cc2cccs2)nc(-c2ccccc2O)n1. The number of anilines is 1. The molecule has 3 rings (SSSR count). The van der Waals surface area contributed by atoms with Crippen molar-refractivity contribution in [2.75, 3.05) is 5.73 Å². The van der Waals surface area contributed by atoms with Crippen LogP contribution >= 0.6 is 11.3 Å². The first-order valence-corrected chi connectivity index (χ1v) is 7.12. The molecule has 1 aromatic carbocycles. The molecule has 21 heavy (non-hydrogen) atoms. The molecule has 0 aliphatic heterocycles. The second-order valence-electron chi connectivity index (χ2n) is 4.24. The minimum atomic E-state index is 0.108. The van der Waals surface area contributed by atoms with Crippen LogP contribution in [0.5, 0.6) is 5.75 Å². The topological polar surface area (TPSA) is 84.9 Å². The van der Waals surface area contributed by atoms with E-state index in [0.717, 1.165) is 4.88 Å². The van der Waals surface area contributed by atoms with E-state index in [9.17, 15) is 5.11 Å². The summed E-state index contributed by atoms with van der Waals surface area (Å²) in [6.45, 7) is 0. The molecule has 5 nitrogen and oxygen atoms in total. The molecular formula is C15H12N4OS. The number of para-hydroxylation sites is 1. The lowest BCUT2D eigenvalue weighted by Crippen LogP contribution is -2.02. The van der Waals surface area contributed by atoms with E-state index in [2.05, 4.69) is 15.0 Å². The summed E-state index contributed by atoms with van der Waals surface area (Å²) in [5.74, 6) is 1.03. The molecule has 0 unspecified atom stereocenters. The van der Waals surface area contributed by atoms with Gasteiger partial charge in [-0.15, -0.1) is 11.3 Å². The Morgan fingerprint density at radius 2 is 1.86 bits per heavy atom. The van der Waals surface area contributed by atoms with Crippen LogP contribution in [-0.4, -0.2) is 20.1 Å². The van der Waals surface area contributed by atoms with Gasteiger partial charge in [-0.1, -0.05) is 18.2 Å². The maximum atomic E-state index is 9.87. The van der Waals surface area contributed by atoms with Gasteiger partial charge in [0, 0.05) is 4.88 Å². The van der Waals surface area contributed by atoms with Crippen LogP contribution in [0.4, 0.5) is 5.95 Å². The van der Waals surface area contributed by atoms with Gasteiger partial charge in [-0.05, 0) is 35.7 Å². The number of nitrogens with zero attached hydrogens (tertiary/aromatic N) is 3. The van der Waals surface area contributed by atoms with Crippen molar-refractivity contribution in [3.8, 4) is 17.1 Å². The number of aromatic nitrogens is 3. The zero-order chi connectivity index (χ0) is 14.7. The molecule has 2 aromatic heterocycles. The van der Waals surface area contributed by atoms with E-state index < -0.39 is 0 Å². The molecule has 104 valence electrons. The lowest BCUT2D eigenvalue weighted by atomic mass is 10.2. The van der Waals surface area contributed by atoms with E-state index in [-0.39, 0.29) is 11.7 Å². The van der Waals surface area contributed by atoms with Crippen molar-refractivity contribution >= 4 is 29.4 Å². The number of nitrogen functional groups attached to an aromatic ring is 1. The van der Waals surface area contributed by atoms with E-state index in [1.54, 1.807) is 41.7 Å². The van der Waals surface area contributed by atoms with Gasteiger partial charge in [0.05, 0.1) is 5.56 Å². The van der Waals surface area contributed by atoms with Crippen molar-refractivity contribution in [3.05, 3.63) is 52.5 Å². The van der Waals surface area contributed by atoms with E-state index in [0.29, 0.717) is 17.2 Å². The third-order valence-electron chi connectivity index (χ3n) is 2.75. The van der Waals surface area contributed by atoms with Gasteiger partial charge < -0.3 is 10.8 Å². The monoisotopic (exact) mass is 296 g/mol. The van der Waals surface area contributed by atoms with Crippen LogP contribution in [0.25, 0.3) is 23.5 Å². The lowest BCUT2D eigenvalue weighted by molar-refractivity contribution is 0.477. The summed E-state index contributed by atoms with van der Waals surface area (Å²) in [6, 6.07) is 10.8. The summed E-state index contributed by atoms with van der Waals surface area (Å²) < 4.78 is 0. The molecule has 3 aromatic rings. The average molecular weight is 296 g/mol. The number of hydrogen-bond acceptors (Lipinski definition) is 6. The second-order valence-corrected chi connectivity index (χ2v) is 5.22. The Hall–Kier alpha value is -2.73. The number of thiophene rings is 1. The zero-order valence-electron chi connectivity index (χ0n) is 11.0. The van der Waals surface area contributed by atoms with Crippen LogP contribution in [0.15, 0.2) is 41.8 Å². The first kappa shape index (κ1) is 13.3. The molecular weight excluding hydrogens is 284 g/mol. The van der Waals surface area contributed by atoms with Crippen molar-refractivity contribution in [1.29, 1.82) is 0 Å². The summed E-state index contributed by atoms with van der Waals surface area (Å²) >= 11 is 1.62. The van der Waals surface area contributed by atoms with Gasteiger partial charge in [-0.2, -0.15) is 9.97 Å². The van der Waals surface area contributed by atoms with Gasteiger partial charge >= 0.3 is 0 Å². The van der Waals surface area contributed by atoms with Crippen LogP contribution in [0.2, 0.25) is 0 Å². The lowest BCUT2D eigenvalue weighted by Gasteiger charge is -2.04. The molecule has 0 saturated carbocycles. The van der Waals surface area contributed by atoms with Gasteiger partial charge in [0.25, 0.3) is 0 Å². The summed E-state index contributed by atoms with van der Waals surface area (Å²) in [4.78, 5) is 13.6. The standard InChI is InChI=1S/C15H12N4OS/c16-15-18-13(8-7-10-4-3-9-21-10)17-14(19-15)11-5-1-2-6-12(11)20/h1-9,20H,(H2,16,17,18,19). The number of nitrogens with two attached hydrogens (primary N) is 1. The fourth-order valence-electron chi connectivity index (χ4n) is 1.81. The largest absolute Gasteiger partial charge is 0.507 e. The Morgan fingerprint density at radius 3 is 2.62 bits per heavy atom. The molecule has 0 spiro atoms. The number of phenolic OH excluding ortho intramolecular Hbond substituents is 1. The third kappa shape index (κ3) is 3.06. The fourth-order valence-corrected chi connectivity index (χ4v) is 2.43. The zero-order valence-corrected chi connectivity index (χ0v) is 11.8. The molecule has 0 amide bonds. The maximum Gasteiger partial charge on any atom is 0.224 e. The number of hydrogen-bond donors (Lipinski definition) is 2. The van der Waals surface area contributed by atoms with Crippen LogP contribution < -0.4 is 5.73 Å². The van der Waals surface area contributed by atoms with Gasteiger partial charge in [0.15, 0.2) is 11.6 Å². The molecule has 3 N–H and O–H groups in total. The third-order valence-corrected chi connectivity index (χ3v) is 3.59. The first-order chi connectivity index (χ1) is 10.2. The minimum absolute atomic E-state index is 0.108. The molecule has 0 radical (unpaired) electrons. The predicted molar refractivity (Wildman–Crippen MR) is 84.6 cm³/mol. The molecule has 0 saturated heterocycles. The Balaban J connectivity index is 1.99. The van der Waals surface area contributed by atoms with Crippen molar-refractivity contribution in [3.63, 3.8) is 0 Å². The highest BCUT2D eigenvalue weighted by Gasteiger charge is 2.09. The summed E-state index contributed by atoms with van der Waals surface area (Å²) in [5, 5.41) is 11.9.